The van der Waals surface area contributed by atoms with E-state index < -0.39 is 0 Å². The standard InChI is InChI=1S/C24H22Cl2N2O/c25-16-9-11-22(26)21(14-16)24-19(8-4-5-13-27)20-15-18(10-12-23(20)28-24)29-17-6-2-1-3-7-17/h1-3,6-7,9-12,14-15,28H,4-5,8,13,27H2. The second kappa shape index (κ2) is 8.91. The lowest BCUT2D eigenvalue weighted by molar-refractivity contribution is 0.483. The number of H-pyrrole nitrogens is 1. The lowest BCUT2D eigenvalue weighted by atomic mass is 10.00. The molecule has 3 N–H and O–H groups in total. The second-order valence-electron chi connectivity index (χ2n) is 6.97. The van der Waals surface area contributed by atoms with Gasteiger partial charge in [0.1, 0.15) is 11.5 Å². The Morgan fingerprint density at radius 2 is 1.69 bits per heavy atom. The predicted molar refractivity (Wildman–Crippen MR) is 122 cm³/mol. The fourth-order valence-corrected chi connectivity index (χ4v) is 3.92. The Balaban J connectivity index is 1.80. The average molecular weight is 425 g/mol. The quantitative estimate of drug-likeness (QED) is 0.307. The highest BCUT2D eigenvalue weighted by Crippen LogP contribution is 2.38. The Bertz CT molecular complexity index is 1120. The van der Waals surface area contributed by atoms with Crippen molar-refractivity contribution in [1.82, 2.24) is 4.98 Å². The molecule has 1 heterocycles. The number of hydrogen-bond donors (Lipinski definition) is 2. The molecule has 0 aliphatic carbocycles. The number of fused-ring (bicyclic) bond motifs is 1. The van der Waals surface area contributed by atoms with Gasteiger partial charge in [0, 0.05) is 26.5 Å². The molecule has 4 rings (SSSR count). The third kappa shape index (κ3) is 4.43. The molecule has 3 nitrogen and oxygen atoms in total. The van der Waals surface area contributed by atoms with Gasteiger partial charge in [-0.3, -0.25) is 0 Å². The molecule has 3 aromatic carbocycles. The Morgan fingerprint density at radius 1 is 0.862 bits per heavy atom. The van der Waals surface area contributed by atoms with E-state index in [2.05, 4.69) is 11.1 Å². The molecule has 0 saturated carbocycles. The van der Waals surface area contributed by atoms with Crippen molar-refractivity contribution in [2.24, 2.45) is 5.73 Å². The van der Waals surface area contributed by atoms with E-state index >= 15 is 0 Å². The number of rotatable bonds is 7. The van der Waals surface area contributed by atoms with Gasteiger partial charge >= 0.3 is 0 Å². The molecule has 0 atom stereocenters. The minimum Gasteiger partial charge on any atom is -0.457 e. The average Bonchev–Trinajstić information content (AvgIpc) is 3.08. The highest BCUT2D eigenvalue weighted by molar-refractivity contribution is 6.35. The molecule has 1 aromatic heterocycles. The number of unbranched alkanes of at least 4 members (excludes halogenated alkanes) is 1. The van der Waals surface area contributed by atoms with E-state index in [4.69, 9.17) is 33.7 Å². The van der Waals surface area contributed by atoms with Crippen LogP contribution in [0.2, 0.25) is 10.0 Å². The number of aromatic amines is 1. The van der Waals surface area contributed by atoms with Gasteiger partial charge in [-0.15, -0.1) is 0 Å². The first kappa shape index (κ1) is 19.8. The summed E-state index contributed by atoms with van der Waals surface area (Å²) < 4.78 is 6.04. The highest BCUT2D eigenvalue weighted by atomic mass is 35.5. The van der Waals surface area contributed by atoms with Crippen LogP contribution in [0.5, 0.6) is 11.5 Å². The maximum absolute atomic E-state index is 6.51. The molecule has 0 spiro atoms. The summed E-state index contributed by atoms with van der Waals surface area (Å²) in [6.07, 6.45) is 2.86. The highest BCUT2D eigenvalue weighted by Gasteiger charge is 2.16. The third-order valence-electron chi connectivity index (χ3n) is 4.94. The van der Waals surface area contributed by atoms with Gasteiger partial charge in [0.15, 0.2) is 0 Å². The van der Waals surface area contributed by atoms with Crippen LogP contribution in [0, 0.1) is 0 Å². The number of benzene rings is 3. The van der Waals surface area contributed by atoms with E-state index in [1.165, 1.54) is 5.56 Å². The first-order valence-corrected chi connectivity index (χ1v) is 10.4. The van der Waals surface area contributed by atoms with Crippen LogP contribution < -0.4 is 10.5 Å². The molecule has 0 aliphatic heterocycles. The van der Waals surface area contributed by atoms with E-state index in [0.717, 1.165) is 52.9 Å². The Hall–Kier alpha value is -2.46. The van der Waals surface area contributed by atoms with Gasteiger partial charge in [-0.1, -0.05) is 41.4 Å². The minimum atomic E-state index is 0.657. The van der Waals surface area contributed by atoms with E-state index in [9.17, 15) is 0 Å². The van der Waals surface area contributed by atoms with Crippen LogP contribution in [0.4, 0.5) is 0 Å². The Kier molecular flexibility index (Phi) is 6.10. The zero-order valence-corrected chi connectivity index (χ0v) is 17.4. The molecule has 0 unspecified atom stereocenters. The molecule has 148 valence electrons. The number of halogens is 2. The number of aryl methyl sites for hydroxylation is 1. The molecule has 29 heavy (non-hydrogen) atoms. The Morgan fingerprint density at radius 3 is 2.48 bits per heavy atom. The fourth-order valence-electron chi connectivity index (χ4n) is 3.54. The van der Waals surface area contributed by atoms with E-state index in [1.807, 2.05) is 54.6 Å². The maximum atomic E-state index is 6.51. The summed E-state index contributed by atoms with van der Waals surface area (Å²) in [6.45, 7) is 0.679. The molecule has 0 radical (unpaired) electrons. The van der Waals surface area contributed by atoms with Crippen molar-refractivity contribution in [2.75, 3.05) is 6.54 Å². The van der Waals surface area contributed by atoms with Gasteiger partial charge in [0.2, 0.25) is 0 Å². The normalized spacial score (nSPS) is 11.1. The SMILES string of the molecule is NCCCCc1c(-c2cc(Cl)ccc2Cl)[nH]c2ccc(Oc3ccccc3)cc12. The summed E-state index contributed by atoms with van der Waals surface area (Å²) in [7, 11) is 0. The van der Waals surface area contributed by atoms with Crippen molar-refractivity contribution in [3.63, 3.8) is 0 Å². The van der Waals surface area contributed by atoms with E-state index in [-0.39, 0.29) is 0 Å². The molecule has 0 saturated heterocycles. The monoisotopic (exact) mass is 424 g/mol. The van der Waals surface area contributed by atoms with Gasteiger partial charge in [0.05, 0.1) is 5.69 Å². The van der Waals surface area contributed by atoms with Crippen molar-refractivity contribution < 1.29 is 4.74 Å². The summed E-state index contributed by atoms with van der Waals surface area (Å²) in [6, 6.07) is 21.4. The molecular formula is C24H22Cl2N2O. The van der Waals surface area contributed by atoms with Crippen molar-refractivity contribution in [1.29, 1.82) is 0 Å². The van der Waals surface area contributed by atoms with Crippen LogP contribution in [0.15, 0.2) is 66.7 Å². The van der Waals surface area contributed by atoms with Crippen LogP contribution in [-0.2, 0) is 6.42 Å². The van der Waals surface area contributed by atoms with Gasteiger partial charge in [-0.05, 0) is 79.9 Å². The molecule has 4 aromatic rings. The van der Waals surface area contributed by atoms with Crippen LogP contribution >= 0.6 is 23.2 Å². The smallest absolute Gasteiger partial charge is 0.128 e. The van der Waals surface area contributed by atoms with E-state index in [0.29, 0.717) is 16.6 Å². The van der Waals surface area contributed by atoms with Gasteiger partial charge in [0.25, 0.3) is 0 Å². The number of nitrogens with one attached hydrogen (secondary N) is 1. The van der Waals surface area contributed by atoms with Crippen molar-refractivity contribution >= 4 is 34.1 Å². The zero-order chi connectivity index (χ0) is 20.2. The number of para-hydroxylation sites is 1. The molecule has 0 bridgehead atoms. The molecule has 0 fully saturated rings. The fraction of sp³-hybridized carbons (Fsp3) is 0.167. The number of nitrogens with two attached hydrogens (primary N) is 1. The first-order valence-electron chi connectivity index (χ1n) is 9.68. The number of aromatic nitrogens is 1. The number of ether oxygens (including phenoxy) is 1. The van der Waals surface area contributed by atoms with Gasteiger partial charge in [-0.25, -0.2) is 0 Å². The summed E-state index contributed by atoms with van der Waals surface area (Å²) in [5.41, 5.74) is 9.87. The number of hydrogen-bond acceptors (Lipinski definition) is 2. The first-order chi connectivity index (χ1) is 14.2. The molecule has 0 aliphatic rings. The lowest BCUT2D eigenvalue weighted by Gasteiger charge is -2.08. The summed E-state index contributed by atoms with van der Waals surface area (Å²) >= 11 is 12.8. The lowest BCUT2D eigenvalue weighted by Crippen LogP contribution is -1.99. The summed E-state index contributed by atoms with van der Waals surface area (Å²) in [5.74, 6) is 1.61. The summed E-state index contributed by atoms with van der Waals surface area (Å²) in [4.78, 5) is 3.54. The summed E-state index contributed by atoms with van der Waals surface area (Å²) in [5, 5.41) is 2.45. The van der Waals surface area contributed by atoms with E-state index in [1.54, 1.807) is 6.07 Å². The predicted octanol–water partition coefficient (Wildman–Crippen LogP) is 7.22. The van der Waals surface area contributed by atoms with Crippen molar-refractivity contribution in [3.05, 3.63) is 82.3 Å². The van der Waals surface area contributed by atoms with Gasteiger partial charge in [-0.2, -0.15) is 0 Å². The zero-order valence-electron chi connectivity index (χ0n) is 15.9. The Labute approximate surface area is 180 Å². The topological polar surface area (TPSA) is 51.0 Å². The van der Waals surface area contributed by atoms with Crippen molar-refractivity contribution in [2.45, 2.75) is 19.3 Å². The minimum absolute atomic E-state index is 0.657. The van der Waals surface area contributed by atoms with Crippen LogP contribution in [-0.4, -0.2) is 11.5 Å². The largest absolute Gasteiger partial charge is 0.457 e. The molecule has 5 heteroatoms. The molecule has 0 amide bonds. The third-order valence-corrected chi connectivity index (χ3v) is 5.50. The van der Waals surface area contributed by atoms with Crippen LogP contribution in [0.3, 0.4) is 0 Å². The maximum Gasteiger partial charge on any atom is 0.128 e. The van der Waals surface area contributed by atoms with Crippen molar-refractivity contribution in [3.8, 4) is 22.8 Å². The van der Waals surface area contributed by atoms with Crippen LogP contribution in [0.25, 0.3) is 22.2 Å². The second-order valence-corrected chi connectivity index (χ2v) is 7.81. The van der Waals surface area contributed by atoms with Crippen LogP contribution in [0.1, 0.15) is 18.4 Å². The molecular weight excluding hydrogens is 403 g/mol. The van der Waals surface area contributed by atoms with Gasteiger partial charge < -0.3 is 15.5 Å².